The number of aliphatic carboxylic acids is 1. The molecule has 36 heavy (non-hydrogen) atoms. The number of carbonyl (C=O) groups is 4. The highest BCUT2D eigenvalue weighted by Gasteiger charge is 2.54. The Morgan fingerprint density at radius 3 is 2.75 bits per heavy atom. The topological polar surface area (TPSA) is 204 Å². The van der Waals surface area contributed by atoms with Gasteiger partial charge in [0.25, 0.3) is 17.7 Å². The van der Waals surface area contributed by atoms with Crippen LogP contribution in [0.1, 0.15) is 12.1 Å². The third kappa shape index (κ3) is 3.99. The molecular weight excluding hydrogens is 532 g/mol. The first-order chi connectivity index (χ1) is 17.3. The molecule has 2 saturated heterocycles. The highest BCUT2D eigenvalue weighted by Crippen LogP contribution is 2.41. The number of hydrogen-bond acceptors (Lipinski definition) is 13. The summed E-state index contributed by atoms with van der Waals surface area (Å²) in [4.78, 5) is 56.9. The summed E-state index contributed by atoms with van der Waals surface area (Å²) in [5.74, 6) is -2.93. The number of fused-ring (bicyclic) bond motifs is 1. The third-order valence-corrected chi connectivity index (χ3v) is 8.31. The van der Waals surface area contributed by atoms with E-state index in [-0.39, 0.29) is 28.2 Å². The average molecular weight is 549 g/mol. The van der Waals surface area contributed by atoms with Gasteiger partial charge in [0.1, 0.15) is 28.3 Å². The van der Waals surface area contributed by atoms with E-state index in [2.05, 4.69) is 25.7 Å². The largest absolute Gasteiger partial charge is 0.477 e. The van der Waals surface area contributed by atoms with Crippen LogP contribution in [0.5, 0.6) is 0 Å². The van der Waals surface area contributed by atoms with Crippen molar-refractivity contribution < 1.29 is 29.5 Å². The van der Waals surface area contributed by atoms with Crippen LogP contribution in [0.3, 0.4) is 0 Å². The number of amides is 3. The number of carbonyl (C=O) groups excluding carboxylic acids is 3. The third-order valence-electron chi connectivity index (χ3n) is 5.62. The Hall–Kier alpha value is -3.83. The van der Waals surface area contributed by atoms with Gasteiger partial charge in [-0.25, -0.2) is 9.78 Å². The molecule has 2 aromatic rings. The Kier molecular flexibility index (Phi) is 6.19. The van der Waals surface area contributed by atoms with E-state index in [0.717, 1.165) is 16.2 Å². The molecule has 17 heteroatoms. The van der Waals surface area contributed by atoms with Crippen molar-refractivity contribution in [1.82, 2.24) is 25.4 Å². The van der Waals surface area contributed by atoms with Gasteiger partial charge in [0.15, 0.2) is 10.8 Å². The number of aromatic nitrogens is 3. The first kappa shape index (κ1) is 23.9. The zero-order valence-electron chi connectivity index (χ0n) is 18.0. The molecule has 14 nitrogen and oxygen atoms in total. The molecule has 3 amide bonds. The minimum Gasteiger partial charge on any atom is -0.477 e. The lowest BCUT2D eigenvalue weighted by Crippen LogP contribution is -2.71. The quantitative estimate of drug-likeness (QED) is 0.123. The van der Waals surface area contributed by atoms with Gasteiger partial charge in [-0.2, -0.15) is 0 Å². The van der Waals surface area contributed by atoms with Crippen molar-refractivity contribution in [3.8, 4) is 0 Å². The van der Waals surface area contributed by atoms with Crippen LogP contribution in [-0.4, -0.2) is 83.5 Å². The van der Waals surface area contributed by atoms with Crippen LogP contribution in [0, 0.1) is 0 Å². The lowest BCUT2D eigenvalue weighted by atomic mass is 10.0. The lowest BCUT2D eigenvalue weighted by Gasteiger charge is -2.49. The Morgan fingerprint density at radius 2 is 2.11 bits per heavy atom. The molecule has 5 rings (SSSR count). The molecule has 0 aromatic carbocycles. The maximum Gasteiger partial charge on any atom is 0.352 e. The summed E-state index contributed by atoms with van der Waals surface area (Å²) >= 11 is 3.51. The number of nitrogens with one attached hydrogen (secondary N) is 1. The standard InChI is InChI=1S/C19H16N8O6S3/c20-18-22-9(5-35-18)10(25-33)13(28)23-11-15(30)27-12(17(31)32)8(4-34-16(11)27)3-7-1-2-26(14(7)29)19-24-21-6-36-19/h3,5-6,11,16,33H,1-2,4H2,(H2,20,22)(H,23,28)(H,31,32)/b7-3+,25-10-/t11-,16-/m1/s1. The maximum absolute atomic E-state index is 12.9. The molecule has 5 N–H and O–H groups in total. The fraction of sp³-hybridized carbons (Fsp3) is 0.263. The Balaban J connectivity index is 1.35. The predicted octanol–water partition coefficient (Wildman–Crippen LogP) is -0.143. The van der Waals surface area contributed by atoms with E-state index in [4.69, 9.17) is 5.73 Å². The highest BCUT2D eigenvalue weighted by molar-refractivity contribution is 8.00. The summed E-state index contributed by atoms with van der Waals surface area (Å²) < 4.78 is 0. The Morgan fingerprint density at radius 1 is 1.31 bits per heavy atom. The molecule has 3 aliphatic heterocycles. The molecule has 3 aliphatic rings. The normalized spacial score (nSPS) is 23.2. The van der Waals surface area contributed by atoms with Gasteiger partial charge in [-0.15, -0.1) is 33.3 Å². The van der Waals surface area contributed by atoms with Crippen LogP contribution in [-0.2, 0) is 19.2 Å². The maximum atomic E-state index is 12.9. The number of thiazole rings is 1. The number of carboxylic acid groups (broad SMARTS) is 1. The summed E-state index contributed by atoms with van der Waals surface area (Å²) in [5, 5.41) is 33.6. The molecule has 5 heterocycles. The van der Waals surface area contributed by atoms with Gasteiger partial charge >= 0.3 is 5.97 Å². The summed E-state index contributed by atoms with van der Waals surface area (Å²) in [6.45, 7) is 0.390. The number of β-lactam (4-membered cyclic amide) rings is 1. The number of allylic oxidation sites excluding steroid dienone is 1. The fourth-order valence-corrected chi connectivity index (χ4v) is 6.44. The predicted molar refractivity (Wildman–Crippen MR) is 129 cm³/mol. The van der Waals surface area contributed by atoms with Crippen molar-refractivity contribution in [2.24, 2.45) is 5.16 Å². The monoisotopic (exact) mass is 548 g/mol. The van der Waals surface area contributed by atoms with Crippen LogP contribution < -0.4 is 16.0 Å². The molecular formula is C19H16N8O6S3. The van der Waals surface area contributed by atoms with Crippen LogP contribution in [0.25, 0.3) is 0 Å². The SMILES string of the molecule is Nc1nc(/C(=N/O)C(=O)N[C@@H]2C(=O)N3C(C(=O)O)=C(/C=C4\CCN(c5nncs5)C4=O)CS[C@H]23)cs1. The zero-order chi connectivity index (χ0) is 25.6. The Bertz CT molecular complexity index is 1370. The molecule has 0 bridgehead atoms. The molecule has 0 unspecified atom stereocenters. The lowest BCUT2D eigenvalue weighted by molar-refractivity contribution is -0.150. The van der Waals surface area contributed by atoms with Crippen molar-refractivity contribution in [2.75, 3.05) is 22.9 Å². The summed E-state index contributed by atoms with van der Waals surface area (Å²) in [5.41, 5.74) is 7.17. The molecule has 186 valence electrons. The highest BCUT2D eigenvalue weighted by atomic mass is 32.2. The molecule has 2 aromatic heterocycles. The van der Waals surface area contributed by atoms with E-state index in [0.29, 0.717) is 29.2 Å². The second-order valence-corrected chi connectivity index (χ2v) is 10.5. The number of nitrogens with zero attached hydrogens (tertiary/aromatic N) is 6. The molecule has 2 fully saturated rings. The van der Waals surface area contributed by atoms with E-state index in [1.54, 1.807) is 0 Å². The number of rotatable bonds is 6. The number of nitrogen functional groups attached to an aromatic ring is 1. The molecule has 0 aliphatic carbocycles. The summed E-state index contributed by atoms with van der Waals surface area (Å²) in [6, 6.07) is -1.04. The molecule has 2 atom stereocenters. The minimum atomic E-state index is -1.33. The van der Waals surface area contributed by atoms with Gasteiger partial charge in [-0.05, 0) is 18.1 Å². The van der Waals surface area contributed by atoms with E-state index in [1.165, 1.54) is 45.0 Å². The van der Waals surface area contributed by atoms with Crippen molar-refractivity contribution >= 4 is 74.1 Å². The van der Waals surface area contributed by atoms with E-state index in [9.17, 15) is 29.5 Å². The number of oxime groups is 1. The summed E-state index contributed by atoms with van der Waals surface area (Å²) in [7, 11) is 0. The van der Waals surface area contributed by atoms with Gasteiger partial charge in [0.2, 0.25) is 5.13 Å². The van der Waals surface area contributed by atoms with E-state index in [1.807, 2.05) is 0 Å². The van der Waals surface area contributed by atoms with Crippen molar-refractivity contribution in [2.45, 2.75) is 17.8 Å². The van der Waals surface area contributed by atoms with Crippen molar-refractivity contribution in [3.05, 3.63) is 39.5 Å². The van der Waals surface area contributed by atoms with Gasteiger partial charge in [0, 0.05) is 23.3 Å². The van der Waals surface area contributed by atoms with Crippen LogP contribution in [0.4, 0.5) is 10.3 Å². The smallest absolute Gasteiger partial charge is 0.352 e. The molecule has 0 saturated carbocycles. The van der Waals surface area contributed by atoms with Gasteiger partial charge < -0.3 is 21.4 Å². The Labute approximate surface area is 214 Å². The number of nitrogens with two attached hydrogens (primary N) is 1. The minimum absolute atomic E-state index is 0.0428. The van der Waals surface area contributed by atoms with E-state index < -0.39 is 34.9 Å². The number of carboxylic acids is 1. The number of hydrogen-bond donors (Lipinski definition) is 4. The summed E-state index contributed by atoms with van der Waals surface area (Å²) in [6.07, 6.45) is 1.90. The second kappa shape index (κ2) is 9.32. The first-order valence-corrected chi connectivity index (χ1v) is 13.0. The van der Waals surface area contributed by atoms with Crippen molar-refractivity contribution in [1.29, 1.82) is 0 Å². The number of anilines is 2. The first-order valence-electron chi connectivity index (χ1n) is 10.2. The zero-order valence-corrected chi connectivity index (χ0v) is 20.5. The van der Waals surface area contributed by atoms with Gasteiger partial charge in [0.05, 0.1) is 0 Å². The van der Waals surface area contributed by atoms with Crippen LogP contribution in [0.2, 0.25) is 0 Å². The van der Waals surface area contributed by atoms with Crippen molar-refractivity contribution in [3.63, 3.8) is 0 Å². The van der Waals surface area contributed by atoms with Gasteiger partial charge in [-0.1, -0.05) is 16.5 Å². The van der Waals surface area contributed by atoms with Crippen LogP contribution in [0.15, 0.2) is 39.0 Å². The van der Waals surface area contributed by atoms with Gasteiger partial charge in [-0.3, -0.25) is 24.2 Å². The fourth-order valence-electron chi connectivity index (χ4n) is 4.00. The number of thioether (sulfide) groups is 1. The molecule has 0 spiro atoms. The molecule has 0 radical (unpaired) electrons. The van der Waals surface area contributed by atoms with Crippen LogP contribution >= 0.6 is 34.4 Å². The van der Waals surface area contributed by atoms with E-state index >= 15 is 0 Å². The second-order valence-electron chi connectivity index (χ2n) is 7.66. The average Bonchev–Trinajstić information content (AvgIpc) is 3.60.